The summed E-state index contributed by atoms with van der Waals surface area (Å²) in [4.78, 5) is 0. The maximum Gasteiger partial charge on any atom is 0.119 e. The van der Waals surface area contributed by atoms with E-state index in [4.69, 9.17) is 4.74 Å². The van der Waals surface area contributed by atoms with Gasteiger partial charge in [-0.25, -0.2) is 0 Å². The number of hydrogen-bond acceptors (Lipinski definition) is 2. The molecule has 0 amide bonds. The van der Waals surface area contributed by atoms with Gasteiger partial charge < -0.3 is 4.74 Å². The Labute approximate surface area is 68.3 Å². The lowest BCUT2D eigenvalue weighted by atomic mass is 9.93. The van der Waals surface area contributed by atoms with Gasteiger partial charge in [-0.2, -0.15) is 0 Å². The molecular formula is C9H17NO. The van der Waals surface area contributed by atoms with Gasteiger partial charge in [0.25, 0.3) is 0 Å². The largest absolute Gasteiger partial charge is 0.361 e. The van der Waals surface area contributed by atoms with Gasteiger partial charge in [0.15, 0.2) is 0 Å². The molecule has 1 N–H and O–H groups in total. The van der Waals surface area contributed by atoms with Gasteiger partial charge in [0.2, 0.25) is 0 Å². The minimum absolute atomic E-state index is 0.108. The van der Waals surface area contributed by atoms with Crippen molar-refractivity contribution in [1.82, 2.24) is 5.32 Å². The van der Waals surface area contributed by atoms with Crippen molar-refractivity contribution in [3.8, 4) is 0 Å². The number of hydrogen-bond donors (Lipinski definition) is 1. The van der Waals surface area contributed by atoms with Crippen LogP contribution in [0.1, 0.15) is 38.5 Å². The average molecular weight is 155 g/mol. The van der Waals surface area contributed by atoms with E-state index in [0.717, 1.165) is 13.2 Å². The Hall–Kier alpha value is -0.0800. The molecule has 2 rings (SSSR count). The molecule has 0 aromatic heterocycles. The Morgan fingerprint density at radius 1 is 1.00 bits per heavy atom. The summed E-state index contributed by atoms with van der Waals surface area (Å²) >= 11 is 0. The molecule has 2 aliphatic heterocycles. The van der Waals surface area contributed by atoms with Crippen LogP contribution in [0.3, 0.4) is 0 Å². The lowest BCUT2D eigenvalue weighted by Gasteiger charge is -2.41. The van der Waals surface area contributed by atoms with E-state index in [9.17, 15) is 0 Å². The van der Waals surface area contributed by atoms with Gasteiger partial charge in [-0.05, 0) is 45.1 Å². The molecule has 1 atom stereocenters. The first-order chi connectivity index (χ1) is 5.41. The van der Waals surface area contributed by atoms with Crippen LogP contribution >= 0.6 is 0 Å². The maximum absolute atomic E-state index is 5.80. The highest BCUT2D eigenvalue weighted by Gasteiger charge is 2.33. The topological polar surface area (TPSA) is 21.3 Å². The summed E-state index contributed by atoms with van der Waals surface area (Å²) in [5.74, 6) is 0. The van der Waals surface area contributed by atoms with Crippen LogP contribution in [-0.4, -0.2) is 18.9 Å². The molecule has 2 fully saturated rings. The molecule has 0 radical (unpaired) electrons. The fourth-order valence-corrected chi connectivity index (χ4v) is 2.13. The van der Waals surface area contributed by atoms with Gasteiger partial charge in [0, 0.05) is 6.61 Å². The summed E-state index contributed by atoms with van der Waals surface area (Å²) in [5.41, 5.74) is 0.108. The van der Waals surface area contributed by atoms with Crippen LogP contribution in [0, 0.1) is 0 Å². The fourth-order valence-electron chi connectivity index (χ4n) is 2.13. The molecule has 64 valence electrons. The molecule has 0 bridgehead atoms. The van der Waals surface area contributed by atoms with Gasteiger partial charge in [0.1, 0.15) is 5.72 Å². The van der Waals surface area contributed by atoms with Crippen LogP contribution in [0.2, 0.25) is 0 Å². The Balaban J connectivity index is 1.94. The number of rotatable bonds is 0. The van der Waals surface area contributed by atoms with Crippen LogP contribution < -0.4 is 5.32 Å². The molecule has 1 spiro atoms. The van der Waals surface area contributed by atoms with E-state index in [0.29, 0.717) is 0 Å². The zero-order valence-electron chi connectivity index (χ0n) is 7.07. The quantitative estimate of drug-likeness (QED) is 0.574. The minimum atomic E-state index is 0.108. The second-order valence-electron chi connectivity index (χ2n) is 3.68. The van der Waals surface area contributed by atoms with Crippen molar-refractivity contribution >= 4 is 0 Å². The number of piperidine rings is 1. The molecule has 0 aromatic carbocycles. The smallest absolute Gasteiger partial charge is 0.119 e. The zero-order valence-corrected chi connectivity index (χ0v) is 7.07. The first kappa shape index (κ1) is 7.56. The van der Waals surface area contributed by atoms with Gasteiger partial charge in [-0.15, -0.1) is 0 Å². The lowest BCUT2D eigenvalue weighted by molar-refractivity contribution is -0.116. The highest BCUT2D eigenvalue weighted by molar-refractivity contribution is 4.84. The number of ether oxygens (including phenoxy) is 1. The Bertz CT molecular complexity index is 104. The predicted octanol–water partition coefficient (Wildman–Crippen LogP) is 1.66. The summed E-state index contributed by atoms with van der Waals surface area (Å²) in [5, 5.41) is 3.51. The lowest BCUT2D eigenvalue weighted by Crippen LogP contribution is -2.52. The fraction of sp³-hybridized carbons (Fsp3) is 1.00. The van der Waals surface area contributed by atoms with Crippen LogP contribution in [0.15, 0.2) is 0 Å². The summed E-state index contributed by atoms with van der Waals surface area (Å²) in [7, 11) is 0. The molecule has 2 aliphatic rings. The van der Waals surface area contributed by atoms with Crippen molar-refractivity contribution in [3.63, 3.8) is 0 Å². The molecule has 0 aliphatic carbocycles. The first-order valence-electron chi connectivity index (χ1n) is 4.80. The third-order valence-corrected chi connectivity index (χ3v) is 2.81. The van der Waals surface area contributed by atoms with Crippen molar-refractivity contribution in [2.45, 2.75) is 44.2 Å². The first-order valence-corrected chi connectivity index (χ1v) is 4.80. The second kappa shape index (κ2) is 3.11. The highest BCUT2D eigenvalue weighted by atomic mass is 16.5. The molecule has 1 unspecified atom stereocenters. The van der Waals surface area contributed by atoms with Crippen LogP contribution in [0.4, 0.5) is 0 Å². The van der Waals surface area contributed by atoms with E-state index in [1.54, 1.807) is 0 Å². The number of nitrogens with one attached hydrogen (secondary N) is 1. The summed E-state index contributed by atoms with van der Waals surface area (Å²) in [6.07, 6.45) is 7.72. The van der Waals surface area contributed by atoms with Crippen LogP contribution in [-0.2, 0) is 4.74 Å². The van der Waals surface area contributed by atoms with Crippen molar-refractivity contribution in [2.24, 2.45) is 0 Å². The van der Waals surface area contributed by atoms with E-state index in [-0.39, 0.29) is 5.72 Å². The summed E-state index contributed by atoms with van der Waals surface area (Å²) < 4.78 is 5.80. The molecular weight excluding hydrogens is 138 g/mol. The minimum Gasteiger partial charge on any atom is -0.361 e. The maximum atomic E-state index is 5.80. The average Bonchev–Trinajstić information content (AvgIpc) is 2.07. The van der Waals surface area contributed by atoms with E-state index in [1.807, 2.05) is 0 Å². The van der Waals surface area contributed by atoms with Crippen molar-refractivity contribution in [1.29, 1.82) is 0 Å². The monoisotopic (exact) mass is 155 g/mol. The standard InChI is InChI=1S/C9H17NO/c1-3-7-10-9(5-1)6-2-4-8-11-9/h10H,1-8H2. The molecule has 0 aromatic rings. The van der Waals surface area contributed by atoms with Gasteiger partial charge >= 0.3 is 0 Å². The Kier molecular flexibility index (Phi) is 2.14. The van der Waals surface area contributed by atoms with Crippen molar-refractivity contribution < 1.29 is 4.74 Å². The molecule has 2 nitrogen and oxygen atoms in total. The van der Waals surface area contributed by atoms with E-state index in [2.05, 4.69) is 5.32 Å². The zero-order chi connectivity index (χ0) is 7.57. The normalized spacial score (nSPS) is 39.3. The van der Waals surface area contributed by atoms with Gasteiger partial charge in [-0.3, -0.25) is 5.32 Å². The molecule has 0 saturated carbocycles. The Morgan fingerprint density at radius 2 is 1.82 bits per heavy atom. The van der Waals surface area contributed by atoms with Crippen LogP contribution in [0.5, 0.6) is 0 Å². The molecule has 2 saturated heterocycles. The SMILES string of the molecule is C1CCC2(CCCCO2)NC1. The third kappa shape index (κ3) is 1.57. The molecule has 2 heteroatoms. The summed E-state index contributed by atoms with van der Waals surface area (Å²) in [6, 6.07) is 0. The van der Waals surface area contributed by atoms with Crippen molar-refractivity contribution in [2.75, 3.05) is 13.2 Å². The second-order valence-corrected chi connectivity index (χ2v) is 3.68. The van der Waals surface area contributed by atoms with Gasteiger partial charge in [-0.1, -0.05) is 0 Å². The van der Waals surface area contributed by atoms with Crippen LogP contribution in [0.25, 0.3) is 0 Å². The van der Waals surface area contributed by atoms with Gasteiger partial charge in [0.05, 0.1) is 0 Å². The molecule has 11 heavy (non-hydrogen) atoms. The van der Waals surface area contributed by atoms with E-state index < -0.39 is 0 Å². The van der Waals surface area contributed by atoms with Crippen molar-refractivity contribution in [3.05, 3.63) is 0 Å². The van der Waals surface area contributed by atoms with E-state index in [1.165, 1.54) is 38.5 Å². The van der Waals surface area contributed by atoms with E-state index >= 15 is 0 Å². The molecule has 2 heterocycles. The third-order valence-electron chi connectivity index (χ3n) is 2.81. The summed E-state index contributed by atoms with van der Waals surface area (Å²) in [6.45, 7) is 2.12. The Morgan fingerprint density at radius 3 is 2.36 bits per heavy atom. The predicted molar refractivity (Wildman–Crippen MR) is 44.4 cm³/mol. The highest BCUT2D eigenvalue weighted by Crippen LogP contribution is 2.29.